The zero-order valence-electron chi connectivity index (χ0n) is 31.2. The van der Waals surface area contributed by atoms with Crippen LogP contribution in [-0.2, 0) is 0 Å². The fraction of sp³-hybridized carbons (Fsp3) is 0. The standard InChI is InChI=1S/C53H32N4S/c1-3-15-33(16-4-1)34-29-31-36(32-30-34)52-54-51(35-17-5-2-6-18-35)55-53(56-52)57-48-42(44-26-14-25-43-39-21-11-12-28-46(39)58-50(43)44)24-13-27-45(48)47-40-22-9-7-19-37(40)38-20-8-10-23-41(38)49(47)57/h1-32H. The van der Waals surface area contributed by atoms with Gasteiger partial charge in [-0.2, -0.15) is 9.97 Å². The molecule has 270 valence electrons. The molecule has 0 radical (unpaired) electrons. The van der Waals surface area contributed by atoms with Gasteiger partial charge in [-0.1, -0.05) is 188 Å². The SMILES string of the molecule is c1ccc(-c2ccc(-c3nc(-c4ccccc4)nc(-n4c5c(-c6cccc7c6sc6ccccc67)cccc5c5c6ccccc6c6ccccc6c54)n3)cc2)cc1. The van der Waals surface area contributed by atoms with E-state index < -0.39 is 0 Å². The molecule has 9 aromatic carbocycles. The van der Waals surface area contributed by atoms with Crippen LogP contribution in [0.25, 0.3) is 115 Å². The van der Waals surface area contributed by atoms with Crippen LogP contribution in [0.5, 0.6) is 0 Å². The molecule has 0 aliphatic rings. The second kappa shape index (κ2) is 13.1. The molecular weight excluding hydrogens is 725 g/mol. The summed E-state index contributed by atoms with van der Waals surface area (Å²) >= 11 is 1.85. The molecule has 0 atom stereocenters. The van der Waals surface area contributed by atoms with Crippen LogP contribution in [0, 0.1) is 0 Å². The van der Waals surface area contributed by atoms with Crippen LogP contribution in [0.3, 0.4) is 0 Å². The number of hydrogen-bond acceptors (Lipinski definition) is 4. The molecule has 0 fully saturated rings. The Hall–Kier alpha value is -7.47. The molecule has 58 heavy (non-hydrogen) atoms. The van der Waals surface area contributed by atoms with Crippen LogP contribution in [0.15, 0.2) is 194 Å². The van der Waals surface area contributed by atoms with Gasteiger partial charge in [-0.3, -0.25) is 4.57 Å². The Labute approximate surface area is 338 Å². The van der Waals surface area contributed by atoms with Crippen molar-refractivity contribution in [1.29, 1.82) is 0 Å². The number of fused-ring (bicyclic) bond motifs is 11. The molecule has 5 heteroatoms. The van der Waals surface area contributed by atoms with Crippen molar-refractivity contribution in [2.75, 3.05) is 0 Å². The van der Waals surface area contributed by atoms with E-state index in [-0.39, 0.29) is 0 Å². The second-order valence-electron chi connectivity index (χ2n) is 14.7. The smallest absolute Gasteiger partial charge is 0.238 e. The molecule has 0 aliphatic carbocycles. The Balaban J connectivity index is 1.23. The van der Waals surface area contributed by atoms with Gasteiger partial charge in [0.1, 0.15) is 0 Å². The summed E-state index contributed by atoms with van der Waals surface area (Å²) in [7, 11) is 0. The van der Waals surface area contributed by atoms with Crippen LogP contribution < -0.4 is 0 Å². The van der Waals surface area contributed by atoms with Crippen molar-refractivity contribution in [2.45, 2.75) is 0 Å². The van der Waals surface area contributed by atoms with Crippen molar-refractivity contribution in [3.05, 3.63) is 194 Å². The Kier molecular flexibility index (Phi) is 7.37. The highest BCUT2D eigenvalue weighted by Gasteiger charge is 2.25. The van der Waals surface area contributed by atoms with Crippen molar-refractivity contribution in [3.63, 3.8) is 0 Å². The second-order valence-corrected chi connectivity index (χ2v) is 15.8. The lowest BCUT2D eigenvalue weighted by molar-refractivity contribution is 0.955. The molecule has 0 N–H and O–H groups in total. The Bertz CT molecular complexity index is 3550. The van der Waals surface area contributed by atoms with E-state index in [9.17, 15) is 0 Å². The van der Waals surface area contributed by atoms with E-state index >= 15 is 0 Å². The topological polar surface area (TPSA) is 43.6 Å². The first kappa shape index (κ1) is 32.7. The van der Waals surface area contributed by atoms with Gasteiger partial charge < -0.3 is 0 Å². The average molecular weight is 757 g/mol. The van der Waals surface area contributed by atoms with Crippen LogP contribution >= 0.6 is 11.3 Å². The highest BCUT2D eigenvalue weighted by atomic mass is 32.1. The summed E-state index contributed by atoms with van der Waals surface area (Å²) in [6.45, 7) is 0. The maximum Gasteiger partial charge on any atom is 0.238 e. The van der Waals surface area contributed by atoms with E-state index in [4.69, 9.17) is 15.0 Å². The first-order valence-corrected chi connectivity index (χ1v) is 20.4. The van der Waals surface area contributed by atoms with Crippen molar-refractivity contribution >= 4 is 74.9 Å². The number of rotatable bonds is 5. The highest BCUT2D eigenvalue weighted by Crippen LogP contribution is 2.47. The van der Waals surface area contributed by atoms with Crippen LogP contribution in [0.1, 0.15) is 0 Å². The van der Waals surface area contributed by atoms with Crippen LogP contribution in [-0.4, -0.2) is 19.5 Å². The highest BCUT2D eigenvalue weighted by molar-refractivity contribution is 7.26. The quantitative estimate of drug-likeness (QED) is 0.164. The molecule has 3 aromatic heterocycles. The van der Waals surface area contributed by atoms with Gasteiger partial charge in [-0.25, -0.2) is 4.98 Å². The lowest BCUT2D eigenvalue weighted by Crippen LogP contribution is -2.07. The predicted octanol–water partition coefficient (Wildman–Crippen LogP) is 14.3. The lowest BCUT2D eigenvalue weighted by atomic mass is 9.95. The van der Waals surface area contributed by atoms with Gasteiger partial charge in [-0.05, 0) is 33.4 Å². The van der Waals surface area contributed by atoms with Crippen LogP contribution in [0.4, 0.5) is 0 Å². The minimum atomic E-state index is 0.576. The minimum Gasteiger partial charge on any atom is -0.277 e. The van der Waals surface area contributed by atoms with Crippen LogP contribution in [0.2, 0.25) is 0 Å². The van der Waals surface area contributed by atoms with E-state index in [1.54, 1.807) is 0 Å². The van der Waals surface area contributed by atoms with Gasteiger partial charge >= 0.3 is 0 Å². The Morgan fingerprint density at radius 1 is 0.328 bits per heavy atom. The molecule has 0 unspecified atom stereocenters. The molecule has 0 amide bonds. The molecule has 0 saturated carbocycles. The third-order valence-corrected chi connectivity index (χ3v) is 12.7. The van der Waals surface area contributed by atoms with Gasteiger partial charge in [0.2, 0.25) is 5.95 Å². The maximum absolute atomic E-state index is 5.44. The van der Waals surface area contributed by atoms with Gasteiger partial charge in [-0.15, -0.1) is 11.3 Å². The van der Waals surface area contributed by atoms with E-state index in [0.717, 1.165) is 44.1 Å². The fourth-order valence-electron chi connectivity index (χ4n) is 8.85. The monoisotopic (exact) mass is 756 g/mol. The van der Waals surface area contributed by atoms with Crippen molar-refractivity contribution < 1.29 is 0 Å². The number of aromatic nitrogens is 4. The maximum atomic E-state index is 5.44. The zero-order valence-corrected chi connectivity index (χ0v) is 32.0. The largest absolute Gasteiger partial charge is 0.277 e. The van der Waals surface area contributed by atoms with E-state index in [1.165, 1.54) is 52.8 Å². The predicted molar refractivity (Wildman–Crippen MR) is 244 cm³/mol. The normalized spacial score (nSPS) is 11.8. The lowest BCUT2D eigenvalue weighted by Gasteiger charge is -2.14. The third kappa shape index (κ3) is 5.04. The summed E-state index contributed by atoms with van der Waals surface area (Å²) in [5.74, 6) is 1.82. The summed E-state index contributed by atoms with van der Waals surface area (Å²) in [6, 6.07) is 69.0. The first-order chi connectivity index (χ1) is 28.8. The number of nitrogens with zero attached hydrogens (tertiary/aromatic N) is 4. The van der Waals surface area contributed by atoms with E-state index in [2.05, 4.69) is 174 Å². The molecule has 0 spiro atoms. The Morgan fingerprint density at radius 2 is 0.828 bits per heavy atom. The van der Waals surface area contributed by atoms with Gasteiger partial charge in [0.25, 0.3) is 0 Å². The summed E-state index contributed by atoms with van der Waals surface area (Å²) in [6.07, 6.45) is 0. The molecule has 12 aromatic rings. The number of hydrogen-bond donors (Lipinski definition) is 0. The molecule has 0 saturated heterocycles. The van der Waals surface area contributed by atoms with E-state index in [1.807, 2.05) is 35.6 Å². The molecule has 3 heterocycles. The molecule has 12 rings (SSSR count). The zero-order chi connectivity index (χ0) is 38.2. The van der Waals surface area contributed by atoms with Gasteiger partial charge in [0.15, 0.2) is 11.6 Å². The molecular formula is C53H32N4S. The number of thiophene rings is 1. The summed E-state index contributed by atoms with van der Waals surface area (Å²) < 4.78 is 4.88. The molecule has 0 bridgehead atoms. The van der Waals surface area contributed by atoms with Gasteiger partial charge in [0.05, 0.1) is 11.0 Å². The fourth-order valence-corrected chi connectivity index (χ4v) is 10.1. The first-order valence-electron chi connectivity index (χ1n) is 19.5. The third-order valence-electron chi connectivity index (χ3n) is 11.5. The molecule has 0 aliphatic heterocycles. The average Bonchev–Trinajstić information content (AvgIpc) is 3.87. The number of benzene rings is 9. The van der Waals surface area contributed by atoms with Gasteiger partial charge in [0, 0.05) is 58.6 Å². The van der Waals surface area contributed by atoms with Crippen molar-refractivity contribution in [3.8, 4) is 51.0 Å². The Morgan fingerprint density at radius 3 is 1.55 bits per heavy atom. The summed E-state index contributed by atoms with van der Waals surface area (Å²) in [5.41, 5.74) is 8.64. The van der Waals surface area contributed by atoms with E-state index in [0.29, 0.717) is 17.6 Å². The number of para-hydroxylation sites is 1. The summed E-state index contributed by atoms with van der Waals surface area (Å²) in [5, 5.41) is 9.65. The van der Waals surface area contributed by atoms with Crippen molar-refractivity contribution in [2.24, 2.45) is 0 Å². The van der Waals surface area contributed by atoms with Crippen molar-refractivity contribution in [1.82, 2.24) is 19.5 Å². The summed E-state index contributed by atoms with van der Waals surface area (Å²) in [4.78, 5) is 16.0. The minimum absolute atomic E-state index is 0.576. The molecule has 4 nitrogen and oxygen atoms in total.